The summed E-state index contributed by atoms with van der Waals surface area (Å²) in [5.41, 5.74) is 11.7. The summed E-state index contributed by atoms with van der Waals surface area (Å²) in [7, 11) is 1.68. The predicted molar refractivity (Wildman–Crippen MR) is 219 cm³/mol. The Morgan fingerprint density at radius 1 is 0.685 bits per heavy atom. The van der Waals surface area contributed by atoms with Crippen LogP contribution in [-0.4, -0.2) is 26.4 Å². The van der Waals surface area contributed by atoms with Crippen molar-refractivity contribution >= 4 is 27.4 Å². The van der Waals surface area contributed by atoms with Crippen LogP contribution in [-0.2, 0) is 0 Å². The lowest BCUT2D eigenvalue weighted by Crippen LogP contribution is -2.18. The Bertz CT molecular complexity index is 2670. The third-order valence-electron chi connectivity index (χ3n) is 10.9. The maximum Gasteiger partial charge on any atom is 0.141 e. The number of aryl methyl sites for hydroxylation is 2. The molecule has 5 aromatic carbocycles. The van der Waals surface area contributed by atoms with Crippen LogP contribution in [0, 0.1) is 20.8 Å². The topological polar surface area (TPSA) is 54.1 Å². The second-order valence-corrected chi connectivity index (χ2v) is 14.3. The van der Waals surface area contributed by atoms with Gasteiger partial charge >= 0.3 is 0 Å². The molecule has 0 radical (unpaired) electrons. The quantitative estimate of drug-likeness (QED) is 0.158. The molecule has 8 aromatic rings. The van der Waals surface area contributed by atoms with Gasteiger partial charge in [0.1, 0.15) is 23.1 Å². The Kier molecular flexibility index (Phi) is 8.58. The molecule has 266 valence electrons. The Labute approximate surface area is 316 Å². The van der Waals surface area contributed by atoms with Crippen LogP contribution >= 0.6 is 0 Å². The standard InChI is InChI=1S/C48H42N4O2/c1-31-26-36(52-33(3)47(32(2)50-52)48-40(34-14-7-5-8-15-34)19-13-20-41(48)35-16-9-6-10-17-35)28-39(27-31)54-38-22-23-43-42-18-11-12-21-44(42)51(45(43)29-38)46-30-37(53-4)24-25-49-46/h5-12,14-19,21-30,41,48H,13,20H2,1-4H3/t41-,48?/m1/s1. The zero-order valence-corrected chi connectivity index (χ0v) is 31.0. The highest BCUT2D eigenvalue weighted by Gasteiger charge is 2.35. The van der Waals surface area contributed by atoms with Gasteiger partial charge in [-0.2, -0.15) is 5.10 Å². The van der Waals surface area contributed by atoms with Crippen molar-refractivity contribution in [1.29, 1.82) is 0 Å². The highest BCUT2D eigenvalue weighted by Crippen LogP contribution is 2.50. The molecule has 9 rings (SSSR count). The first kappa shape index (κ1) is 33.4. The average molecular weight is 707 g/mol. The summed E-state index contributed by atoms with van der Waals surface area (Å²) in [5, 5.41) is 7.52. The van der Waals surface area contributed by atoms with Crippen LogP contribution in [0.15, 0.2) is 146 Å². The fraction of sp³-hybridized carbons (Fsp3) is 0.167. The lowest BCUT2D eigenvalue weighted by Gasteiger charge is -2.34. The van der Waals surface area contributed by atoms with Crippen molar-refractivity contribution in [2.75, 3.05) is 7.11 Å². The van der Waals surface area contributed by atoms with Crippen molar-refractivity contribution in [2.45, 2.75) is 45.4 Å². The molecule has 0 fully saturated rings. The molecule has 1 aliphatic carbocycles. The van der Waals surface area contributed by atoms with Gasteiger partial charge in [0.15, 0.2) is 0 Å². The molecule has 0 saturated heterocycles. The van der Waals surface area contributed by atoms with Crippen LogP contribution in [0.25, 0.3) is 38.9 Å². The predicted octanol–water partition coefficient (Wildman–Crippen LogP) is 11.8. The van der Waals surface area contributed by atoms with E-state index < -0.39 is 0 Å². The summed E-state index contributed by atoms with van der Waals surface area (Å²) in [6.07, 6.45) is 6.37. The summed E-state index contributed by atoms with van der Waals surface area (Å²) < 4.78 is 16.5. The molecule has 1 aliphatic rings. The number of benzene rings is 5. The number of nitrogens with zero attached hydrogens (tertiary/aromatic N) is 4. The molecule has 2 atom stereocenters. The number of methoxy groups -OCH3 is 1. The zero-order chi connectivity index (χ0) is 36.8. The number of aromatic nitrogens is 4. The SMILES string of the molecule is COc1ccnc(-n2c3ccccc3c3ccc(Oc4cc(C)cc(-n5nc(C)c(C6C(c7ccccc7)=CCC[C@@H]6c6ccccc6)c5C)c4)cc32)c1. The van der Waals surface area contributed by atoms with Gasteiger partial charge in [-0.3, -0.25) is 4.57 Å². The molecule has 54 heavy (non-hydrogen) atoms. The monoisotopic (exact) mass is 706 g/mol. The first-order valence-corrected chi connectivity index (χ1v) is 18.7. The van der Waals surface area contributed by atoms with Gasteiger partial charge in [-0.25, -0.2) is 9.67 Å². The van der Waals surface area contributed by atoms with Crippen LogP contribution in [0.5, 0.6) is 17.2 Å². The molecule has 6 heteroatoms. The maximum atomic E-state index is 6.70. The van der Waals surface area contributed by atoms with Gasteiger partial charge in [0.2, 0.25) is 0 Å². The summed E-state index contributed by atoms with van der Waals surface area (Å²) >= 11 is 0. The molecule has 0 N–H and O–H groups in total. The first-order chi connectivity index (χ1) is 26.5. The van der Waals surface area contributed by atoms with E-state index in [4.69, 9.17) is 19.6 Å². The molecule has 1 unspecified atom stereocenters. The zero-order valence-electron chi connectivity index (χ0n) is 31.0. The molecule has 0 amide bonds. The molecular formula is C48H42N4O2. The van der Waals surface area contributed by atoms with E-state index in [-0.39, 0.29) is 5.92 Å². The number of hydrogen-bond acceptors (Lipinski definition) is 4. The van der Waals surface area contributed by atoms with E-state index in [1.165, 1.54) is 22.3 Å². The van der Waals surface area contributed by atoms with E-state index in [1.807, 2.05) is 18.2 Å². The van der Waals surface area contributed by atoms with E-state index in [9.17, 15) is 0 Å². The number of hydrogen-bond donors (Lipinski definition) is 0. The Hall–Kier alpha value is -6.40. The fourth-order valence-electron chi connectivity index (χ4n) is 8.58. The number of pyridine rings is 1. The molecule has 3 aromatic heterocycles. The molecule has 0 spiro atoms. The van der Waals surface area contributed by atoms with Crippen molar-refractivity contribution in [1.82, 2.24) is 19.3 Å². The van der Waals surface area contributed by atoms with Crippen molar-refractivity contribution in [2.24, 2.45) is 0 Å². The van der Waals surface area contributed by atoms with Gasteiger partial charge in [0.05, 0.1) is 29.5 Å². The van der Waals surface area contributed by atoms with E-state index in [2.05, 4.69) is 151 Å². The van der Waals surface area contributed by atoms with Gasteiger partial charge in [-0.05, 0) is 98.2 Å². The van der Waals surface area contributed by atoms with Crippen molar-refractivity contribution in [3.63, 3.8) is 0 Å². The van der Waals surface area contributed by atoms with E-state index >= 15 is 0 Å². The summed E-state index contributed by atoms with van der Waals surface area (Å²) in [6.45, 7) is 6.49. The number of para-hydroxylation sites is 1. The fourth-order valence-corrected chi connectivity index (χ4v) is 8.58. The van der Waals surface area contributed by atoms with Crippen molar-refractivity contribution in [3.05, 3.63) is 179 Å². The second kappa shape index (κ2) is 13.9. The highest BCUT2D eigenvalue weighted by molar-refractivity contribution is 6.09. The van der Waals surface area contributed by atoms with Crippen LogP contribution in [0.3, 0.4) is 0 Å². The first-order valence-electron chi connectivity index (χ1n) is 18.7. The smallest absolute Gasteiger partial charge is 0.141 e. The van der Waals surface area contributed by atoms with Gasteiger partial charge in [0.25, 0.3) is 0 Å². The second-order valence-electron chi connectivity index (χ2n) is 14.3. The highest BCUT2D eigenvalue weighted by atomic mass is 16.5. The molecule has 0 bridgehead atoms. The third kappa shape index (κ3) is 5.94. The Morgan fingerprint density at radius 3 is 2.26 bits per heavy atom. The minimum absolute atomic E-state index is 0.176. The molecule has 3 heterocycles. The minimum Gasteiger partial charge on any atom is -0.497 e. The Morgan fingerprint density at radius 2 is 1.44 bits per heavy atom. The lowest BCUT2D eigenvalue weighted by atomic mass is 9.69. The minimum atomic E-state index is 0.176. The van der Waals surface area contributed by atoms with E-state index in [0.29, 0.717) is 5.92 Å². The summed E-state index contributed by atoms with van der Waals surface area (Å²) in [4.78, 5) is 4.72. The molecular weight excluding hydrogens is 665 g/mol. The number of rotatable bonds is 8. The molecule has 0 aliphatic heterocycles. The van der Waals surface area contributed by atoms with E-state index in [1.54, 1.807) is 13.3 Å². The normalized spacial score (nSPS) is 15.7. The van der Waals surface area contributed by atoms with Crippen LogP contribution in [0.2, 0.25) is 0 Å². The largest absolute Gasteiger partial charge is 0.497 e. The number of allylic oxidation sites excluding steroid dienone is 2. The van der Waals surface area contributed by atoms with Crippen LogP contribution < -0.4 is 9.47 Å². The van der Waals surface area contributed by atoms with Gasteiger partial charge in [-0.15, -0.1) is 0 Å². The number of fused-ring (bicyclic) bond motifs is 3. The summed E-state index contributed by atoms with van der Waals surface area (Å²) in [6, 6.07) is 46.8. The molecule has 0 saturated carbocycles. The van der Waals surface area contributed by atoms with Gasteiger partial charge < -0.3 is 9.47 Å². The average Bonchev–Trinajstić information content (AvgIpc) is 3.70. The Balaban J connectivity index is 1.11. The molecule has 6 nitrogen and oxygen atoms in total. The van der Waals surface area contributed by atoms with Crippen molar-refractivity contribution in [3.8, 4) is 28.8 Å². The maximum absolute atomic E-state index is 6.70. The van der Waals surface area contributed by atoms with Gasteiger partial charge in [0, 0.05) is 52.3 Å². The van der Waals surface area contributed by atoms with Crippen LogP contribution in [0.4, 0.5) is 0 Å². The van der Waals surface area contributed by atoms with Crippen LogP contribution in [0.1, 0.15) is 58.3 Å². The van der Waals surface area contributed by atoms with Crippen molar-refractivity contribution < 1.29 is 9.47 Å². The van der Waals surface area contributed by atoms with Gasteiger partial charge in [-0.1, -0.05) is 84.9 Å². The third-order valence-corrected chi connectivity index (χ3v) is 10.9. The lowest BCUT2D eigenvalue weighted by molar-refractivity contribution is 0.414. The van der Waals surface area contributed by atoms with E-state index in [0.717, 1.165) is 80.4 Å². The number of ether oxygens (including phenoxy) is 2. The summed E-state index contributed by atoms with van der Waals surface area (Å²) in [5.74, 6) is 3.56.